The second-order valence-corrected chi connectivity index (χ2v) is 11.8. The first kappa shape index (κ1) is 25.5. The maximum Gasteiger partial charge on any atom is 0.242 e. The molecule has 2 aromatic heterocycles. The monoisotopic (exact) mass is 561 g/mol. The van der Waals surface area contributed by atoms with E-state index in [0.717, 1.165) is 26.1 Å². The van der Waals surface area contributed by atoms with Crippen LogP contribution in [0, 0.1) is 24.1 Å². The average molecular weight is 562 g/mol. The van der Waals surface area contributed by atoms with Gasteiger partial charge in [-0.1, -0.05) is 36.4 Å². The van der Waals surface area contributed by atoms with E-state index >= 15 is 0 Å². The highest BCUT2D eigenvalue weighted by molar-refractivity contribution is 7.22. The van der Waals surface area contributed by atoms with Gasteiger partial charge >= 0.3 is 0 Å². The number of anilines is 1. The van der Waals surface area contributed by atoms with E-state index in [1.54, 1.807) is 48.2 Å². The highest BCUT2D eigenvalue weighted by Crippen LogP contribution is 2.57. The molecular weight excluding hydrogens is 537 g/mol. The van der Waals surface area contributed by atoms with Crippen molar-refractivity contribution in [3.63, 3.8) is 0 Å². The Balaban J connectivity index is 1.45. The van der Waals surface area contributed by atoms with Crippen LogP contribution in [0.3, 0.4) is 0 Å². The molecule has 0 bridgehead atoms. The van der Waals surface area contributed by atoms with Gasteiger partial charge in [-0.2, -0.15) is 5.10 Å². The summed E-state index contributed by atoms with van der Waals surface area (Å²) in [5, 5.41) is 16.1. The number of carbonyl (C=O) groups is 2. The van der Waals surface area contributed by atoms with Crippen LogP contribution < -0.4 is 4.90 Å². The van der Waals surface area contributed by atoms with Crippen molar-refractivity contribution in [2.45, 2.75) is 26.2 Å². The first-order valence-electron chi connectivity index (χ1n) is 12.5. The van der Waals surface area contributed by atoms with Gasteiger partial charge in [-0.3, -0.25) is 14.3 Å². The van der Waals surface area contributed by atoms with Crippen LogP contribution in [-0.4, -0.2) is 26.7 Å². The topological polar surface area (TPSA) is 75.4 Å². The number of fused-ring (bicyclic) bond motifs is 2. The molecule has 3 atom stereocenters. The molecule has 1 saturated heterocycles. The van der Waals surface area contributed by atoms with E-state index < -0.39 is 28.8 Å². The van der Waals surface area contributed by atoms with Crippen molar-refractivity contribution < 1.29 is 19.1 Å². The number of thiophene rings is 1. The minimum Gasteiger partial charge on any atom is -0.505 e. The molecule has 0 radical (unpaired) electrons. The fourth-order valence-corrected chi connectivity index (χ4v) is 7.48. The molecule has 6 nitrogen and oxygen atoms in total. The largest absolute Gasteiger partial charge is 0.505 e. The Morgan fingerprint density at radius 2 is 2.00 bits per heavy atom. The molecule has 1 N–H and O–H groups in total. The Morgan fingerprint density at radius 3 is 2.72 bits per heavy atom. The van der Waals surface area contributed by atoms with Gasteiger partial charge in [0.15, 0.2) is 11.6 Å². The minimum atomic E-state index is -1.19. The molecule has 4 aromatic rings. The average Bonchev–Trinajstić information content (AvgIpc) is 3.50. The summed E-state index contributed by atoms with van der Waals surface area (Å²) in [4.78, 5) is 30.3. The van der Waals surface area contributed by atoms with Crippen molar-refractivity contribution >= 4 is 50.7 Å². The molecule has 39 heavy (non-hydrogen) atoms. The summed E-state index contributed by atoms with van der Waals surface area (Å²) in [6.45, 7) is 7.68. The molecule has 1 aliphatic heterocycles. The van der Waals surface area contributed by atoms with Crippen LogP contribution in [0.5, 0.6) is 5.75 Å². The van der Waals surface area contributed by atoms with E-state index in [0.29, 0.717) is 28.5 Å². The van der Waals surface area contributed by atoms with Crippen molar-refractivity contribution in [2.24, 2.45) is 18.4 Å². The SMILES string of the molecule is C=CC1=CCC2C(=O)N(c3cc(-c4sc5ccc(Cl)cc5c4C)nn3C)C(=O)C2(C)C1c1ccc(O)c(F)c1. The number of phenolic OH excluding ortho intramolecular Hbond substituents is 1. The van der Waals surface area contributed by atoms with Crippen molar-refractivity contribution in [1.82, 2.24) is 9.78 Å². The number of aromatic hydroxyl groups is 1. The van der Waals surface area contributed by atoms with Crippen LogP contribution in [0.15, 0.2) is 66.8 Å². The smallest absolute Gasteiger partial charge is 0.242 e. The molecule has 3 heterocycles. The number of imide groups is 1. The summed E-state index contributed by atoms with van der Waals surface area (Å²) < 4.78 is 17.0. The molecule has 0 saturated carbocycles. The molecule has 1 fully saturated rings. The number of benzene rings is 2. The summed E-state index contributed by atoms with van der Waals surface area (Å²) in [6.07, 6.45) is 3.90. The summed E-state index contributed by atoms with van der Waals surface area (Å²) in [7, 11) is 1.71. The quantitative estimate of drug-likeness (QED) is 0.275. The number of amides is 2. The third kappa shape index (κ3) is 3.62. The Labute approximate surface area is 233 Å². The predicted molar refractivity (Wildman–Crippen MR) is 152 cm³/mol. The van der Waals surface area contributed by atoms with Crippen molar-refractivity contribution in [1.29, 1.82) is 0 Å². The summed E-state index contributed by atoms with van der Waals surface area (Å²) >= 11 is 7.80. The van der Waals surface area contributed by atoms with Gasteiger partial charge in [0.1, 0.15) is 11.5 Å². The molecule has 2 aliphatic rings. The maximum absolute atomic E-state index is 14.4. The van der Waals surface area contributed by atoms with Crippen LogP contribution >= 0.6 is 22.9 Å². The number of carbonyl (C=O) groups excluding carboxylic acids is 2. The van der Waals surface area contributed by atoms with E-state index in [-0.39, 0.29) is 11.8 Å². The summed E-state index contributed by atoms with van der Waals surface area (Å²) in [6, 6.07) is 11.6. The van der Waals surface area contributed by atoms with E-state index in [2.05, 4.69) is 11.7 Å². The maximum atomic E-state index is 14.4. The summed E-state index contributed by atoms with van der Waals surface area (Å²) in [5.41, 5.74) is 1.73. The lowest BCUT2D eigenvalue weighted by Crippen LogP contribution is -2.42. The van der Waals surface area contributed by atoms with Gasteiger partial charge in [0.25, 0.3) is 0 Å². The number of aryl methyl sites for hydroxylation is 2. The first-order valence-corrected chi connectivity index (χ1v) is 13.7. The van der Waals surface area contributed by atoms with Gasteiger partial charge in [0, 0.05) is 28.8 Å². The normalized spacial score (nSPS) is 22.9. The Bertz CT molecular complexity index is 1760. The van der Waals surface area contributed by atoms with Gasteiger partial charge in [0.05, 0.1) is 16.2 Å². The number of halogens is 2. The molecule has 3 unspecified atom stereocenters. The molecule has 1 aliphatic carbocycles. The zero-order valence-electron chi connectivity index (χ0n) is 21.5. The highest BCUT2D eigenvalue weighted by Gasteiger charge is 2.62. The van der Waals surface area contributed by atoms with Crippen molar-refractivity contribution in [2.75, 3.05) is 4.90 Å². The third-order valence-corrected chi connectivity index (χ3v) is 9.71. The van der Waals surface area contributed by atoms with Gasteiger partial charge < -0.3 is 5.11 Å². The molecule has 198 valence electrons. The van der Waals surface area contributed by atoms with E-state index in [4.69, 9.17) is 11.6 Å². The Kier molecular flexibility index (Phi) is 5.82. The molecule has 6 rings (SSSR count). The lowest BCUT2D eigenvalue weighted by Gasteiger charge is -2.40. The van der Waals surface area contributed by atoms with E-state index in [9.17, 15) is 19.1 Å². The van der Waals surface area contributed by atoms with Crippen molar-refractivity contribution in [3.8, 4) is 16.3 Å². The second-order valence-electron chi connectivity index (χ2n) is 10.3. The fraction of sp³-hybridized carbons (Fsp3) is 0.233. The highest BCUT2D eigenvalue weighted by atomic mass is 35.5. The molecule has 9 heteroatoms. The predicted octanol–water partition coefficient (Wildman–Crippen LogP) is 6.90. The van der Waals surface area contributed by atoms with Crippen LogP contribution in [0.25, 0.3) is 20.7 Å². The zero-order valence-corrected chi connectivity index (χ0v) is 23.1. The zero-order chi connectivity index (χ0) is 27.8. The second kappa shape index (κ2) is 8.89. The third-order valence-electron chi connectivity index (χ3n) is 8.18. The number of hydrogen-bond acceptors (Lipinski definition) is 5. The number of phenols is 1. The number of nitrogens with zero attached hydrogens (tertiary/aromatic N) is 3. The lowest BCUT2D eigenvalue weighted by atomic mass is 9.60. The molecular formula is C30H25ClFN3O3S. The Morgan fingerprint density at radius 1 is 1.23 bits per heavy atom. The van der Waals surface area contributed by atoms with E-state index in [1.807, 2.05) is 31.2 Å². The molecule has 2 aromatic carbocycles. The van der Waals surface area contributed by atoms with Crippen LogP contribution in [0.2, 0.25) is 5.02 Å². The van der Waals surface area contributed by atoms with Gasteiger partial charge in [-0.05, 0) is 72.7 Å². The van der Waals surface area contributed by atoms with Gasteiger partial charge in [0.2, 0.25) is 11.8 Å². The van der Waals surface area contributed by atoms with Crippen LogP contribution in [0.4, 0.5) is 10.2 Å². The van der Waals surface area contributed by atoms with E-state index in [1.165, 1.54) is 17.0 Å². The standard InChI is InChI=1S/C30H25ClFN3O3S/c1-5-16-6-9-20-28(37)35(29(38)30(20,3)26(16)17-7-10-23(36)21(32)12-17)25-14-22(33-34(25)4)27-15(2)19-13-18(31)8-11-24(19)39-27/h5-8,10-14,20,26,36H,1,9H2,2-4H3. The number of rotatable bonds is 4. The van der Waals surface area contributed by atoms with Crippen LogP contribution in [0.1, 0.15) is 30.4 Å². The van der Waals surface area contributed by atoms with Crippen molar-refractivity contribution in [3.05, 3.63) is 88.7 Å². The lowest BCUT2D eigenvalue weighted by molar-refractivity contribution is -0.127. The Hall–Kier alpha value is -3.75. The molecule has 0 spiro atoms. The fourth-order valence-electron chi connectivity index (χ4n) is 6.17. The summed E-state index contributed by atoms with van der Waals surface area (Å²) in [5.74, 6) is -2.85. The van der Waals surface area contributed by atoms with Gasteiger partial charge in [-0.25, -0.2) is 9.29 Å². The first-order chi connectivity index (χ1) is 18.6. The van der Waals surface area contributed by atoms with Gasteiger partial charge in [-0.15, -0.1) is 11.3 Å². The molecule has 2 amide bonds. The number of aromatic nitrogens is 2. The number of hydrogen-bond donors (Lipinski definition) is 1. The van der Waals surface area contributed by atoms with Crippen LogP contribution in [-0.2, 0) is 16.6 Å². The number of allylic oxidation sites excluding steroid dienone is 3. The minimum absolute atomic E-state index is 0.319.